The van der Waals surface area contributed by atoms with E-state index in [1.807, 2.05) is 0 Å². The lowest BCUT2D eigenvalue weighted by atomic mass is 9.90. The first kappa shape index (κ1) is 14.4. The highest BCUT2D eigenvalue weighted by molar-refractivity contribution is 6.89. The van der Waals surface area contributed by atoms with E-state index < -0.39 is 8.07 Å². The van der Waals surface area contributed by atoms with E-state index in [0.29, 0.717) is 5.92 Å². The summed E-state index contributed by atoms with van der Waals surface area (Å²) in [6, 6.07) is 12.3. The second-order valence-corrected chi connectivity index (χ2v) is 11.3. The average molecular weight is 270 g/mol. The third kappa shape index (κ3) is 4.55. The van der Waals surface area contributed by atoms with Gasteiger partial charge in [-0.15, -0.1) is 5.92 Å². The second-order valence-electron chi connectivity index (χ2n) is 6.41. The topological polar surface area (TPSA) is 0 Å². The third-order valence-corrected chi connectivity index (χ3v) is 7.74. The summed E-state index contributed by atoms with van der Waals surface area (Å²) in [4.78, 5) is 0. The van der Waals surface area contributed by atoms with Crippen molar-refractivity contribution in [1.82, 2.24) is 0 Å². The predicted octanol–water partition coefficient (Wildman–Crippen LogP) is 4.58. The molecule has 0 aromatic heterocycles. The number of hydrogen-bond acceptors (Lipinski definition) is 0. The Labute approximate surface area is 119 Å². The van der Waals surface area contributed by atoms with Crippen LogP contribution in [0.1, 0.15) is 38.5 Å². The van der Waals surface area contributed by atoms with Crippen molar-refractivity contribution >= 4 is 13.3 Å². The third-order valence-electron chi connectivity index (χ3n) is 4.34. The zero-order chi connectivity index (χ0) is 13.6. The minimum absolute atomic E-state index is 0.704. The van der Waals surface area contributed by atoms with Crippen molar-refractivity contribution in [2.45, 2.75) is 57.7 Å². The standard InChI is InChI=1S/C18H26Si/c1-19(2,18-14-7-4-8-15-18)16-10-9-13-17-11-5-3-6-12-17/h4,7-8,14-15,17H,3,5-6,10-12,16H2,1-2H3. The summed E-state index contributed by atoms with van der Waals surface area (Å²) >= 11 is 0. The summed E-state index contributed by atoms with van der Waals surface area (Å²) in [5.74, 6) is 7.69. The smallest absolute Gasteiger partial charge is 0.0815 e. The summed E-state index contributed by atoms with van der Waals surface area (Å²) < 4.78 is 0. The Morgan fingerprint density at radius 2 is 1.74 bits per heavy atom. The van der Waals surface area contributed by atoms with Crippen molar-refractivity contribution in [1.29, 1.82) is 0 Å². The quantitative estimate of drug-likeness (QED) is 0.557. The van der Waals surface area contributed by atoms with Crippen molar-refractivity contribution in [3.8, 4) is 11.8 Å². The minimum Gasteiger partial charge on any atom is -0.103 e. The Kier molecular flexibility index (Phi) is 5.28. The molecule has 0 nitrogen and oxygen atoms in total. The van der Waals surface area contributed by atoms with Crippen molar-refractivity contribution < 1.29 is 0 Å². The molecule has 0 unspecified atom stereocenters. The molecular formula is C18H26Si. The molecular weight excluding hydrogens is 244 g/mol. The van der Waals surface area contributed by atoms with Crippen LogP contribution in [0.5, 0.6) is 0 Å². The van der Waals surface area contributed by atoms with Gasteiger partial charge in [-0.25, -0.2) is 0 Å². The van der Waals surface area contributed by atoms with Crippen LogP contribution < -0.4 is 5.19 Å². The van der Waals surface area contributed by atoms with E-state index in [9.17, 15) is 0 Å². The molecule has 1 aliphatic carbocycles. The van der Waals surface area contributed by atoms with Gasteiger partial charge in [0.05, 0.1) is 8.07 Å². The fourth-order valence-corrected chi connectivity index (χ4v) is 5.01. The largest absolute Gasteiger partial charge is 0.103 e. The van der Waals surface area contributed by atoms with Crippen molar-refractivity contribution in [3.63, 3.8) is 0 Å². The molecule has 0 heterocycles. The molecule has 19 heavy (non-hydrogen) atoms. The molecule has 1 aromatic carbocycles. The zero-order valence-corrected chi connectivity index (χ0v) is 13.4. The Balaban J connectivity index is 1.83. The average Bonchev–Trinajstić information content (AvgIpc) is 2.46. The molecule has 1 fully saturated rings. The van der Waals surface area contributed by atoms with Gasteiger partial charge in [0.2, 0.25) is 0 Å². The molecule has 1 aliphatic rings. The fourth-order valence-electron chi connectivity index (χ4n) is 2.87. The summed E-state index contributed by atoms with van der Waals surface area (Å²) in [5.41, 5.74) is 0. The van der Waals surface area contributed by atoms with Gasteiger partial charge < -0.3 is 0 Å². The summed E-state index contributed by atoms with van der Waals surface area (Å²) in [6.07, 6.45) is 7.98. The SMILES string of the molecule is C[Si](C)(CCC#CC1CCCCC1)c1ccccc1. The first-order valence-electron chi connectivity index (χ1n) is 7.72. The van der Waals surface area contributed by atoms with Crippen LogP contribution in [-0.4, -0.2) is 8.07 Å². The first-order valence-corrected chi connectivity index (χ1v) is 10.9. The van der Waals surface area contributed by atoms with E-state index >= 15 is 0 Å². The molecule has 0 atom stereocenters. The molecule has 0 aliphatic heterocycles. The van der Waals surface area contributed by atoms with Crippen LogP contribution >= 0.6 is 0 Å². The Hall–Kier alpha value is -1.00. The van der Waals surface area contributed by atoms with Gasteiger partial charge in [-0.1, -0.05) is 73.8 Å². The summed E-state index contributed by atoms with van der Waals surface area (Å²) in [5, 5.41) is 1.56. The minimum atomic E-state index is -1.27. The van der Waals surface area contributed by atoms with Crippen LogP contribution in [0.25, 0.3) is 0 Å². The fraction of sp³-hybridized carbons (Fsp3) is 0.556. The van der Waals surface area contributed by atoms with Gasteiger partial charge >= 0.3 is 0 Å². The Morgan fingerprint density at radius 1 is 1.05 bits per heavy atom. The highest BCUT2D eigenvalue weighted by Crippen LogP contribution is 2.22. The number of hydrogen-bond donors (Lipinski definition) is 0. The molecule has 0 radical (unpaired) electrons. The van der Waals surface area contributed by atoms with Crippen LogP contribution in [-0.2, 0) is 0 Å². The first-order chi connectivity index (χ1) is 9.18. The van der Waals surface area contributed by atoms with Gasteiger partial charge in [-0.05, 0) is 18.9 Å². The lowest BCUT2D eigenvalue weighted by molar-refractivity contribution is 0.430. The Morgan fingerprint density at radius 3 is 2.42 bits per heavy atom. The normalized spacial score (nSPS) is 16.7. The molecule has 0 N–H and O–H groups in total. The van der Waals surface area contributed by atoms with E-state index in [-0.39, 0.29) is 0 Å². The van der Waals surface area contributed by atoms with E-state index in [0.717, 1.165) is 6.42 Å². The summed E-state index contributed by atoms with van der Waals surface area (Å²) in [7, 11) is -1.27. The maximum atomic E-state index is 3.52. The molecule has 0 bridgehead atoms. The Bertz CT molecular complexity index is 430. The van der Waals surface area contributed by atoms with Gasteiger partial charge in [0, 0.05) is 12.3 Å². The molecule has 0 saturated heterocycles. The van der Waals surface area contributed by atoms with Crippen LogP contribution in [0, 0.1) is 17.8 Å². The van der Waals surface area contributed by atoms with Gasteiger partial charge in [0.25, 0.3) is 0 Å². The molecule has 2 rings (SSSR count). The van der Waals surface area contributed by atoms with Crippen molar-refractivity contribution in [3.05, 3.63) is 30.3 Å². The van der Waals surface area contributed by atoms with Crippen LogP contribution in [0.15, 0.2) is 30.3 Å². The van der Waals surface area contributed by atoms with Gasteiger partial charge in [-0.3, -0.25) is 0 Å². The van der Waals surface area contributed by atoms with Gasteiger partial charge in [-0.2, -0.15) is 0 Å². The van der Waals surface area contributed by atoms with E-state index in [4.69, 9.17) is 0 Å². The number of rotatable bonds is 3. The van der Waals surface area contributed by atoms with E-state index in [1.54, 1.807) is 5.19 Å². The lowest BCUT2D eigenvalue weighted by Gasteiger charge is -2.21. The van der Waals surface area contributed by atoms with Crippen molar-refractivity contribution in [2.75, 3.05) is 0 Å². The predicted molar refractivity (Wildman–Crippen MR) is 87.3 cm³/mol. The lowest BCUT2D eigenvalue weighted by Crippen LogP contribution is -2.40. The molecule has 1 heteroatoms. The highest BCUT2D eigenvalue weighted by atomic mass is 28.3. The molecule has 1 saturated carbocycles. The van der Waals surface area contributed by atoms with Gasteiger partial charge in [0.15, 0.2) is 0 Å². The second kappa shape index (κ2) is 6.96. The molecule has 0 spiro atoms. The van der Waals surface area contributed by atoms with Crippen molar-refractivity contribution in [2.24, 2.45) is 5.92 Å². The monoisotopic (exact) mass is 270 g/mol. The number of benzene rings is 1. The zero-order valence-electron chi connectivity index (χ0n) is 12.4. The maximum Gasteiger partial charge on any atom is 0.0815 e. The summed E-state index contributed by atoms with van der Waals surface area (Å²) in [6.45, 7) is 4.93. The molecule has 102 valence electrons. The van der Waals surface area contributed by atoms with E-state index in [2.05, 4.69) is 55.3 Å². The van der Waals surface area contributed by atoms with Crippen LogP contribution in [0.2, 0.25) is 19.1 Å². The highest BCUT2D eigenvalue weighted by Gasteiger charge is 2.21. The van der Waals surface area contributed by atoms with Gasteiger partial charge in [0.1, 0.15) is 0 Å². The maximum absolute atomic E-state index is 3.52. The van der Waals surface area contributed by atoms with Crippen LogP contribution in [0.4, 0.5) is 0 Å². The molecule has 0 amide bonds. The van der Waals surface area contributed by atoms with Crippen LogP contribution in [0.3, 0.4) is 0 Å². The molecule has 1 aromatic rings. The van der Waals surface area contributed by atoms with E-state index in [1.165, 1.54) is 38.1 Å².